The van der Waals surface area contributed by atoms with Crippen molar-refractivity contribution in [2.75, 3.05) is 13.2 Å². The minimum Gasteiger partial charge on any atom is -0.435 e. The molecule has 1 aromatic carbocycles. The standard InChI is InChI=1S/C16H23F2NO2/c1-16(2,3)14-8-9-20-13(10-19-14)11-4-6-12(7-5-11)21-15(17)18/h4-7,13-15,19H,8-10H2,1-3H3. The Bertz CT molecular complexity index is 443. The lowest BCUT2D eigenvalue weighted by Gasteiger charge is -2.30. The Morgan fingerprint density at radius 2 is 1.90 bits per heavy atom. The van der Waals surface area contributed by atoms with Crippen molar-refractivity contribution in [1.82, 2.24) is 5.32 Å². The van der Waals surface area contributed by atoms with Crippen molar-refractivity contribution in [2.45, 2.75) is 45.9 Å². The summed E-state index contributed by atoms with van der Waals surface area (Å²) >= 11 is 0. The van der Waals surface area contributed by atoms with Gasteiger partial charge >= 0.3 is 6.61 Å². The van der Waals surface area contributed by atoms with E-state index in [2.05, 4.69) is 30.8 Å². The summed E-state index contributed by atoms with van der Waals surface area (Å²) in [6, 6.07) is 7.07. The highest BCUT2D eigenvalue weighted by molar-refractivity contribution is 5.29. The van der Waals surface area contributed by atoms with Crippen LogP contribution in [-0.2, 0) is 4.74 Å². The van der Waals surface area contributed by atoms with Crippen LogP contribution in [0, 0.1) is 5.41 Å². The summed E-state index contributed by atoms with van der Waals surface area (Å²) in [7, 11) is 0. The third-order valence-electron chi connectivity index (χ3n) is 3.80. The molecular formula is C16H23F2NO2. The van der Waals surface area contributed by atoms with Crippen LogP contribution in [-0.4, -0.2) is 25.8 Å². The van der Waals surface area contributed by atoms with Crippen LogP contribution in [0.2, 0.25) is 0 Å². The number of hydrogen-bond acceptors (Lipinski definition) is 3. The van der Waals surface area contributed by atoms with Gasteiger partial charge < -0.3 is 14.8 Å². The average molecular weight is 299 g/mol. The molecule has 1 heterocycles. The van der Waals surface area contributed by atoms with Crippen molar-refractivity contribution in [2.24, 2.45) is 5.41 Å². The molecule has 1 aliphatic heterocycles. The SMILES string of the molecule is CC(C)(C)C1CCOC(c2ccc(OC(F)F)cc2)CN1. The highest BCUT2D eigenvalue weighted by Crippen LogP contribution is 2.28. The van der Waals surface area contributed by atoms with Gasteiger partial charge in [-0.05, 0) is 29.5 Å². The van der Waals surface area contributed by atoms with Gasteiger partial charge in [-0.15, -0.1) is 0 Å². The first-order valence-corrected chi connectivity index (χ1v) is 7.26. The third-order valence-corrected chi connectivity index (χ3v) is 3.80. The van der Waals surface area contributed by atoms with E-state index in [0.29, 0.717) is 12.6 Å². The molecule has 1 fully saturated rings. The molecule has 1 aliphatic rings. The van der Waals surface area contributed by atoms with E-state index in [4.69, 9.17) is 4.74 Å². The molecule has 0 amide bonds. The Morgan fingerprint density at radius 3 is 2.48 bits per heavy atom. The molecular weight excluding hydrogens is 276 g/mol. The Labute approximate surface area is 124 Å². The second-order valence-electron chi connectivity index (χ2n) is 6.42. The minimum absolute atomic E-state index is 0.0575. The molecule has 0 radical (unpaired) electrons. The second-order valence-corrected chi connectivity index (χ2v) is 6.42. The van der Waals surface area contributed by atoms with Gasteiger partial charge in [-0.2, -0.15) is 8.78 Å². The highest BCUT2D eigenvalue weighted by atomic mass is 19.3. The number of hydrogen-bond donors (Lipinski definition) is 1. The first-order chi connectivity index (χ1) is 9.86. The molecule has 0 aromatic heterocycles. The zero-order chi connectivity index (χ0) is 15.5. The highest BCUT2D eigenvalue weighted by Gasteiger charge is 2.28. The zero-order valence-electron chi connectivity index (χ0n) is 12.7. The molecule has 0 aliphatic carbocycles. The fraction of sp³-hybridized carbons (Fsp3) is 0.625. The van der Waals surface area contributed by atoms with Gasteiger partial charge in [0.1, 0.15) is 5.75 Å². The molecule has 3 nitrogen and oxygen atoms in total. The quantitative estimate of drug-likeness (QED) is 0.922. The molecule has 2 atom stereocenters. The smallest absolute Gasteiger partial charge is 0.387 e. The molecule has 2 unspecified atom stereocenters. The second kappa shape index (κ2) is 6.71. The topological polar surface area (TPSA) is 30.5 Å². The van der Waals surface area contributed by atoms with Gasteiger partial charge in [0.2, 0.25) is 0 Å². The van der Waals surface area contributed by atoms with E-state index in [1.807, 2.05) is 0 Å². The fourth-order valence-electron chi connectivity index (χ4n) is 2.56. The van der Waals surface area contributed by atoms with Gasteiger partial charge in [-0.1, -0.05) is 32.9 Å². The number of nitrogens with one attached hydrogen (secondary N) is 1. The minimum atomic E-state index is -2.79. The maximum atomic E-state index is 12.1. The lowest BCUT2D eigenvalue weighted by atomic mass is 9.85. The number of ether oxygens (including phenoxy) is 2. The molecule has 118 valence electrons. The van der Waals surface area contributed by atoms with Crippen LogP contribution < -0.4 is 10.1 Å². The van der Waals surface area contributed by atoms with Gasteiger partial charge in [-0.25, -0.2) is 0 Å². The van der Waals surface area contributed by atoms with E-state index in [1.54, 1.807) is 24.3 Å². The normalized spacial score (nSPS) is 23.9. The zero-order valence-corrected chi connectivity index (χ0v) is 12.7. The first kappa shape index (κ1) is 16.2. The summed E-state index contributed by atoms with van der Waals surface area (Å²) in [5.74, 6) is 0.169. The van der Waals surface area contributed by atoms with Crippen molar-refractivity contribution >= 4 is 0 Å². The number of alkyl halides is 2. The molecule has 5 heteroatoms. The Kier molecular flexibility index (Phi) is 5.17. The summed E-state index contributed by atoms with van der Waals surface area (Å²) in [5.41, 5.74) is 1.16. The molecule has 0 spiro atoms. The first-order valence-electron chi connectivity index (χ1n) is 7.26. The van der Waals surface area contributed by atoms with E-state index in [9.17, 15) is 8.78 Å². The van der Waals surface area contributed by atoms with Crippen LogP contribution in [0.25, 0.3) is 0 Å². The van der Waals surface area contributed by atoms with Crippen LogP contribution in [0.4, 0.5) is 8.78 Å². The van der Waals surface area contributed by atoms with Crippen LogP contribution in [0.3, 0.4) is 0 Å². The van der Waals surface area contributed by atoms with E-state index < -0.39 is 6.61 Å². The van der Waals surface area contributed by atoms with Gasteiger partial charge in [0, 0.05) is 19.2 Å². The van der Waals surface area contributed by atoms with Crippen molar-refractivity contribution in [3.63, 3.8) is 0 Å². The average Bonchev–Trinajstić information content (AvgIpc) is 2.64. The van der Waals surface area contributed by atoms with Crippen molar-refractivity contribution in [3.05, 3.63) is 29.8 Å². The van der Waals surface area contributed by atoms with Crippen LogP contribution in [0.5, 0.6) is 5.75 Å². The molecule has 0 saturated carbocycles. The summed E-state index contributed by atoms with van der Waals surface area (Å²) in [5, 5.41) is 3.54. The molecule has 21 heavy (non-hydrogen) atoms. The number of benzene rings is 1. The van der Waals surface area contributed by atoms with Crippen LogP contribution in [0.15, 0.2) is 24.3 Å². The maximum Gasteiger partial charge on any atom is 0.387 e. The summed E-state index contributed by atoms with van der Waals surface area (Å²) in [4.78, 5) is 0. The largest absolute Gasteiger partial charge is 0.435 e. The van der Waals surface area contributed by atoms with Gasteiger partial charge in [0.25, 0.3) is 0 Å². The summed E-state index contributed by atoms with van der Waals surface area (Å²) in [6.07, 6.45) is 0.907. The molecule has 2 rings (SSSR count). The Balaban J connectivity index is 1.99. The van der Waals surface area contributed by atoms with E-state index in [-0.39, 0.29) is 17.3 Å². The number of halogens is 2. The molecule has 1 saturated heterocycles. The van der Waals surface area contributed by atoms with Gasteiger partial charge in [-0.3, -0.25) is 0 Å². The number of rotatable bonds is 3. The third kappa shape index (κ3) is 4.64. The monoisotopic (exact) mass is 299 g/mol. The van der Waals surface area contributed by atoms with E-state index in [1.165, 1.54) is 0 Å². The van der Waals surface area contributed by atoms with E-state index >= 15 is 0 Å². The Morgan fingerprint density at radius 1 is 1.24 bits per heavy atom. The Hall–Kier alpha value is -1.20. The predicted molar refractivity (Wildman–Crippen MR) is 77.6 cm³/mol. The van der Waals surface area contributed by atoms with Gasteiger partial charge in [0.05, 0.1) is 6.10 Å². The molecule has 1 aromatic rings. The fourth-order valence-corrected chi connectivity index (χ4v) is 2.56. The maximum absolute atomic E-state index is 12.1. The lowest BCUT2D eigenvalue weighted by molar-refractivity contribution is -0.0498. The van der Waals surface area contributed by atoms with Crippen molar-refractivity contribution < 1.29 is 18.3 Å². The van der Waals surface area contributed by atoms with Crippen LogP contribution >= 0.6 is 0 Å². The predicted octanol–water partition coefficient (Wildman–Crippen LogP) is 3.75. The van der Waals surface area contributed by atoms with Crippen molar-refractivity contribution in [1.29, 1.82) is 0 Å². The van der Waals surface area contributed by atoms with Crippen molar-refractivity contribution in [3.8, 4) is 5.75 Å². The lowest BCUT2D eigenvalue weighted by Crippen LogP contribution is -2.40. The summed E-state index contributed by atoms with van der Waals surface area (Å²) in [6.45, 7) is 5.25. The van der Waals surface area contributed by atoms with E-state index in [0.717, 1.165) is 18.5 Å². The van der Waals surface area contributed by atoms with Gasteiger partial charge in [0.15, 0.2) is 0 Å². The molecule has 0 bridgehead atoms. The summed E-state index contributed by atoms with van der Waals surface area (Å²) < 4.78 is 34.5. The van der Waals surface area contributed by atoms with Crippen LogP contribution in [0.1, 0.15) is 38.9 Å². The molecule has 1 N–H and O–H groups in total.